The van der Waals surface area contributed by atoms with E-state index >= 15 is 0 Å². The molecule has 1 aromatic carbocycles. The Bertz CT molecular complexity index is 486. The summed E-state index contributed by atoms with van der Waals surface area (Å²) in [6, 6.07) is 6.88. The van der Waals surface area contributed by atoms with Crippen LogP contribution in [-0.4, -0.2) is 21.9 Å². The zero-order valence-corrected chi connectivity index (χ0v) is 9.89. The number of hydrogen-bond donors (Lipinski definition) is 2. The lowest BCUT2D eigenvalue weighted by molar-refractivity contribution is 0.260. The van der Waals surface area contributed by atoms with Gasteiger partial charge in [0.2, 0.25) is 0 Å². The number of halogens is 1. The topological polar surface area (TPSA) is 85.2 Å². The van der Waals surface area contributed by atoms with Crippen LogP contribution in [-0.2, 0) is 0 Å². The Balaban J connectivity index is 2.31. The van der Waals surface area contributed by atoms with Crippen molar-refractivity contribution < 1.29 is 9.63 Å². The van der Waals surface area contributed by atoms with Gasteiger partial charge in [-0.2, -0.15) is 4.98 Å². The van der Waals surface area contributed by atoms with Gasteiger partial charge in [-0.25, -0.2) is 0 Å². The number of nitrogens with zero attached hydrogens (tertiary/aromatic N) is 2. The zero-order chi connectivity index (χ0) is 11.5. The van der Waals surface area contributed by atoms with Gasteiger partial charge < -0.3 is 15.4 Å². The lowest BCUT2D eigenvalue weighted by atomic mass is 10.2. The highest BCUT2D eigenvalue weighted by molar-refractivity contribution is 9.10. The summed E-state index contributed by atoms with van der Waals surface area (Å²) in [4.78, 5) is 4.11. The van der Waals surface area contributed by atoms with Gasteiger partial charge in [0.25, 0.3) is 5.89 Å². The average molecular weight is 284 g/mol. The SMILES string of the molecule is NC(CO)c1noc(-c2cccc(Br)c2)n1. The van der Waals surface area contributed by atoms with Gasteiger partial charge in [-0.1, -0.05) is 27.2 Å². The molecule has 1 heterocycles. The molecule has 6 heteroatoms. The second kappa shape index (κ2) is 4.73. The van der Waals surface area contributed by atoms with Crippen LogP contribution < -0.4 is 5.73 Å². The minimum atomic E-state index is -0.607. The summed E-state index contributed by atoms with van der Waals surface area (Å²) in [6.07, 6.45) is 0. The van der Waals surface area contributed by atoms with E-state index in [9.17, 15) is 0 Å². The molecule has 0 saturated carbocycles. The first-order valence-electron chi connectivity index (χ1n) is 4.66. The maximum Gasteiger partial charge on any atom is 0.258 e. The van der Waals surface area contributed by atoms with Crippen molar-refractivity contribution in [1.29, 1.82) is 0 Å². The fraction of sp³-hybridized carbons (Fsp3) is 0.200. The summed E-state index contributed by atoms with van der Waals surface area (Å²) in [6.45, 7) is -0.211. The molecule has 0 radical (unpaired) electrons. The summed E-state index contributed by atoms with van der Waals surface area (Å²) in [7, 11) is 0. The molecule has 0 aliphatic heterocycles. The number of aromatic nitrogens is 2. The molecule has 5 nitrogen and oxygen atoms in total. The maximum atomic E-state index is 8.86. The van der Waals surface area contributed by atoms with Crippen LogP contribution in [0.15, 0.2) is 33.3 Å². The Morgan fingerprint density at radius 2 is 2.31 bits per heavy atom. The van der Waals surface area contributed by atoms with Gasteiger partial charge in [0.15, 0.2) is 5.82 Å². The molecular formula is C10H10BrN3O2. The first-order chi connectivity index (χ1) is 7.70. The van der Waals surface area contributed by atoms with Crippen LogP contribution >= 0.6 is 15.9 Å². The molecule has 1 atom stereocenters. The van der Waals surface area contributed by atoms with Crippen molar-refractivity contribution in [2.75, 3.05) is 6.61 Å². The molecule has 0 aliphatic rings. The molecule has 0 aliphatic carbocycles. The summed E-state index contributed by atoms with van der Waals surface area (Å²) in [5.41, 5.74) is 6.38. The molecule has 0 fully saturated rings. The molecule has 0 amide bonds. The molecule has 2 aromatic rings. The van der Waals surface area contributed by atoms with Crippen molar-refractivity contribution >= 4 is 15.9 Å². The third-order valence-corrected chi connectivity index (χ3v) is 2.53. The second-order valence-electron chi connectivity index (χ2n) is 3.26. The van der Waals surface area contributed by atoms with Crippen LogP contribution in [0.3, 0.4) is 0 Å². The quantitative estimate of drug-likeness (QED) is 0.892. The van der Waals surface area contributed by atoms with Gasteiger partial charge in [-0.3, -0.25) is 0 Å². The third-order valence-electron chi connectivity index (χ3n) is 2.04. The minimum Gasteiger partial charge on any atom is -0.394 e. The lowest BCUT2D eigenvalue weighted by Crippen LogP contribution is -2.15. The Hall–Kier alpha value is -1.24. The molecule has 84 valence electrons. The van der Waals surface area contributed by atoms with Gasteiger partial charge >= 0.3 is 0 Å². The van der Waals surface area contributed by atoms with E-state index in [0.29, 0.717) is 11.7 Å². The van der Waals surface area contributed by atoms with Crippen molar-refractivity contribution in [2.45, 2.75) is 6.04 Å². The minimum absolute atomic E-state index is 0.211. The van der Waals surface area contributed by atoms with Crippen molar-refractivity contribution in [3.05, 3.63) is 34.6 Å². The van der Waals surface area contributed by atoms with E-state index < -0.39 is 6.04 Å². The van der Waals surface area contributed by atoms with Gasteiger partial charge in [0.1, 0.15) is 0 Å². The fourth-order valence-electron chi connectivity index (χ4n) is 1.21. The van der Waals surface area contributed by atoms with Crippen LogP contribution in [0.5, 0.6) is 0 Å². The second-order valence-corrected chi connectivity index (χ2v) is 4.17. The molecule has 1 aromatic heterocycles. The van der Waals surface area contributed by atoms with Gasteiger partial charge in [-0.15, -0.1) is 0 Å². The van der Waals surface area contributed by atoms with E-state index in [4.69, 9.17) is 15.4 Å². The zero-order valence-electron chi connectivity index (χ0n) is 8.30. The highest BCUT2D eigenvalue weighted by Gasteiger charge is 2.14. The number of aliphatic hydroxyl groups is 1. The molecule has 2 rings (SSSR count). The van der Waals surface area contributed by atoms with E-state index in [2.05, 4.69) is 26.1 Å². The van der Waals surface area contributed by atoms with Crippen molar-refractivity contribution in [1.82, 2.24) is 10.1 Å². The third kappa shape index (κ3) is 2.29. The molecule has 0 saturated heterocycles. The van der Waals surface area contributed by atoms with E-state index in [1.54, 1.807) is 0 Å². The summed E-state index contributed by atoms with van der Waals surface area (Å²) in [5, 5.41) is 12.6. The van der Waals surface area contributed by atoms with E-state index in [-0.39, 0.29) is 6.61 Å². The molecule has 3 N–H and O–H groups in total. The smallest absolute Gasteiger partial charge is 0.258 e. The number of hydrogen-bond acceptors (Lipinski definition) is 5. The van der Waals surface area contributed by atoms with E-state index in [0.717, 1.165) is 10.0 Å². The van der Waals surface area contributed by atoms with Gasteiger partial charge in [0, 0.05) is 10.0 Å². The summed E-state index contributed by atoms with van der Waals surface area (Å²) >= 11 is 3.35. The van der Waals surface area contributed by atoms with Crippen molar-refractivity contribution in [3.63, 3.8) is 0 Å². The fourth-order valence-corrected chi connectivity index (χ4v) is 1.61. The maximum absolute atomic E-state index is 8.86. The summed E-state index contributed by atoms with van der Waals surface area (Å²) < 4.78 is 5.98. The number of benzene rings is 1. The normalized spacial score (nSPS) is 12.7. The average Bonchev–Trinajstić information content (AvgIpc) is 2.77. The van der Waals surface area contributed by atoms with Crippen LogP contribution in [0, 0.1) is 0 Å². The van der Waals surface area contributed by atoms with Gasteiger partial charge in [0.05, 0.1) is 12.6 Å². The highest BCUT2D eigenvalue weighted by atomic mass is 79.9. The lowest BCUT2D eigenvalue weighted by Gasteiger charge is -1.98. The highest BCUT2D eigenvalue weighted by Crippen LogP contribution is 2.22. The van der Waals surface area contributed by atoms with Gasteiger partial charge in [-0.05, 0) is 18.2 Å². The van der Waals surface area contributed by atoms with E-state index in [1.807, 2.05) is 24.3 Å². The number of nitrogens with two attached hydrogens (primary N) is 1. The Morgan fingerprint density at radius 1 is 1.50 bits per heavy atom. The Labute approximate surface area is 100 Å². The predicted molar refractivity (Wildman–Crippen MR) is 61.4 cm³/mol. The van der Waals surface area contributed by atoms with Crippen LogP contribution in [0.4, 0.5) is 0 Å². The van der Waals surface area contributed by atoms with Crippen LogP contribution in [0.1, 0.15) is 11.9 Å². The predicted octanol–water partition coefficient (Wildman–Crippen LogP) is 1.49. The largest absolute Gasteiger partial charge is 0.394 e. The Morgan fingerprint density at radius 3 is 3.00 bits per heavy atom. The van der Waals surface area contributed by atoms with Crippen LogP contribution in [0.25, 0.3) is 11.5 Å². The standard InChI is InChI=1S/C10H10BrN3O2/c11-7-3-1-2-6(4-7)10-13-9(14-16-10)8(12)5-15/h1-4,8,15H,5,12H2. The van der Waals surface area contributed by atoms with Crippen molar-refractivity contribution in [3.8, 4) is 11.5 Å². The first kappa shape index (κ1) is 11.3. The Kier molecular flexibility index (Phi) is 3.33. The number of aliphatic hydroxyl groups excluding tert-OH is 1. The first-order valence-corrected chi connectivity index (χ1v) is 5.46. The summed E-state index contributed by atoms with van der Waals surface area (Å²) in [5.74, 6) is 0.692. The van der Waals surface area contributed by atoms with Crippen molar-refractivity contribution in [2.24, 2.45) is 5.73 Å². The monoisotopic (exact) mass is 283 g/mol. The van der Waals surface area contributed by atoms with E-state index in [1.165, 1.54) is 0 Å². The molecule has 16 heavy (non-hydrogen) atoms. The molecule has 0 spiro atoms. The molecular weight excluding hydrogens is 274 g/mol. The molecule has 1 unspecified atom stereocenters. The molecule has 0 bridgehead atoms. The van der Waals surface area contributed by atoms with Crippen LogP contribution in [0.2, 0.25) is 0 Å². The number of rotatable bonds is 3.